The normalized spacial score (nSPS) is 11.2. The summed E-state index contributed by atoms with van der Waals surface area (Å²) in [6.45, 7) is 21.3. The summed E-state index contributed by atoms with van der Waals surface area (Å²) in [7, 11) is 0. The third kappa shape index (κ3) is 6.80. The Morgan fingerprint density at radius 3 is 0.810 bits per heavy atom. The molecule has 1 radical (unpaired) electrons. The van der Waals surface area contributed by atoms with E-state index in [2.05, 4.69) is 75.9 Å². The lowest BCUT2D eigenvalue weighted by Crippen LogP contribution is -2.56. The van der Waals surface area contributed by atoms with E-state index in [9.17, 15) is 0 Å². The molecule has 0 aliphatic heterocycles. The molecule has 21 heavy (non-hydrogen) atoms. The molecule has 3 heteroatoms. The van der Waals surface area contributed by atoms with Crippen LogP contribution in [0.1, 0.15) is 0 Å². The fourth-order valence-electron chi connectivity index (χ4n) is 3.23. The molecule has 0 saturated carbocycles. The van der Waals surface area contributed by atoms with Gasteiger partial charge >= 0.3 is 0 Å². The maximum absolute atomic E-state index is 4.01. The highest BCUT2D eigenvalue weighted by atomic mass is 29.2. The topological polar surface area (TPSA) is 0 Å². The Morgan fingerprint density at radius 2 is 0.667 bits per heavy atom. The average Bonchev–Trinajstić information content (AvgIpc) is 2.40. The monoisotopic (exact) mass is 329 g/mol. The van der Waals surface area contributed by atoms with E-state index in [4.69, 9.17) is 0 Å². The van der Waals surface area contributed by atoms with Crippen LogP contribution in [0.2, 0.25) is 36.3 Å². The number of allylic oxidation sites excluding steroid dienone is 6. The zero-order valence-electron chi connectivity index (χ0n) is 13.5. The van der Waals surface area contributed by atoms with Gasteiger partial charge < -0.3 is 0 Å². The molecule has 0 bridgehead atoms. The van der Waals surface area contributed by atoms with Crippen LogP contribution in [0.4, 0.5) is 0 Å². The van der Waals surface area contributed by atoms with Gasteiger partial charge in [0.15, 0.2) is 13.9 Å². The molecule has 0 atom stereocenters. The fourth-order valence-corrected chi connectivity index (χ4v) is 36.8. The number of hydrogen-bond acceptors (Lipinski definition) is 0. The summed E-state index contributed by atoms with van der Waals surface area (Å²) in [6, 6.07) is 7.09. The number of rotatable bonds is 14. The van der Waals surface area contributed by atoms with E-state index in [-0.39, 0.29) is 0 Å². The van der Waals surface area contributed by atoms with Crippen molar-refractivity contribution in [2.45, 2.75) is 36.3 Å². The fraction of sp³-hybridized carbons (Fsp3) is 0.333. The quantitative estimate of drug-likeness (QED) is 0.283. The predicted molar refractivity (Wildman–Crippen MR) is 107 cm³/mol. The maximum Gasteiger partial charge on any atom is 0.194 e. The first-order valence-corrected chi connectivity index (χ1v) is 16.5. The van der Waals surface area contributed by atoms with Crippen LogP contribution < -0.4 is 0 Å². The summed E-state index contributed by atoms with van der Waals surface area (Å²) in [6.07, 6.45) is 12.8. The molecule has 0 aromatic carbocycles. The van der Waals surface area contributed by atoms with Crippen molar-refractivity contribution in [2.75, 3.05) is 0 Å². The van der Waals surface area contributed by atoms with Gasteiger partial charge in [0.1, 0.15) is 0 Å². The third-order valence-electron chi connectivity index (χ3n) is 3.92. The average molecular weight is 330 g/mol. The Morgan fingerprint density at radius 1 is 0.476 bits per heavy atom. The molecule has 113 valence electrons. The molecule has 0 aromatic rings. The highest BCUT2D eigenvalue weighted by molar-refractivity contribution is 7.54. The summed E-state index contributed by atoms with van der Waals surface area (Å²) in [4.78, 5) is 0. The zero-order valence-corrected chi connectivity index (χ0v) is 16.7. The molecule has 0 nitrogen and oxygen atoms in total. The molecule has 0 fully saturated rings. The first-order valence-electron chi connectivity index (χ1n) is 7.60. The van der Waals surface area contributed by atoms with Gasteiger partial charge in [0.05, 0.1) is 0 Å². The van der Waals surface area contributed by atoms with Crippen molar-refractivity contribution in [1.29, 1.82) is 0 Å². The Hall–Kier alpha value is -0.594. The van der Waals surface area contributed by atoms with Crippen LogP contribution in [0.15, 0.2) is 75.9 Å². The van der Waals surface area contributed by atoms with Crippen LogP contribution in [0.25, 0.3) is 0 Å². The summed E-state index contributed by atoms with van der Waals surface area (Å²) in [5.41, 5.74) is 0. The zero-order chi connectivity index (χ0) is 16.2. The van der Waals surface area contributed by atoms with E-state index in [1.54, 1.807) is 0 Å². The first-order chi connectivity index (χ1) is 10.1. The SMILES string of the molecule is C=CC[Si](CC=C)(CC=C)[Al][Si](CC=C)(CC=C)CC=C. The van der Waals surface area contributed by atoms with E-state index < -0.39 is 13.3 Å². The van der Waals surface area contributed by atoms with Gasteiger partial charge in [0.2, 0.25) is 0 Å². The van der Waals surface area contributed by atoms with E-state index in [1.807, 2.05) is 0 Å². The van der Waals surface area contributed by atoms with E-state index in [0.29, 0.717) is 13.9 Å². The second-order valence-electron chi connectivity index (χ2n) is 5.83. The summed E-state index contributed by atoms with van der Waals surface area (Å²) in [5, 5.41) is 0. The van der Waals surface area contributed by atoms with Crippen LogP contribution in [0.3, 0.4) is 0 Å². The molecule has 0 unspecified atom stereocenters. The lowest BCUT2D eigenvalue weighted by Gasteiger charge is -2.39. The predicted octanol–water partition coefficient (Wildman–Crippen LogP) is 5.70. The van der Waals surface area contributed by atoms with Gasteiger partial charge in [-0.05, 0) is 13.3 Å². The Kier molecular flexibility index (Phi) is 10.7. The molecule has 0 rings (SSSR count). The molecule has 0 aromatic heterocycles. The minimum Gasteiger partial charge on any atom is -0.103 e. The molecule has 0 amide bonds. The van der Waals surface area contributed by atoms with Gasteiger partial charge in [0.25, 0.3) is 0 Å². The second-order valence-corrected chi connectivity index (χ2v) is 24.8. The summed E-state index contributed by atoms with van der Waals surface area (Å²) in [5.74, 6) is 0. The first kappa shape index (κ1) is 20.4. The molecular weight excluding hydrogens is 299 g/mol. The third-order valence-corrected chi connectivity index (χ3v) is 30.7. The van der Waals surface area contributed by atoms with E-state index in [0.717, 1.165) is 0 Å². The van der Waals surface area contributed by atoms with Crippen molar-refractivity contribution in [2.24, 2.45) is 0 Å². The molecular formula is C18H30AlSi2. The van der Waals surface area contributed by atoms with Crippen molar-refractivity contribution in [1.82, 2.24) is 0 Å². The Bertz CT molecular complexity index is 296. The van der Waals surface area contributed by atoms with E-state index >= 15 is 0 Å². The molecule has 0 aliphatic carbocycles. The molecule has 0 saturated heterocycles. The smallest absolute Gasteiger partial charge is 0.103 e. The van der Waals surface area contributed by atoms with Crippen LogP contribution in [0.5, 0.6) is 0 Å². The van der Waals surface area contributed by atoms with E-state index in [1.165, 1.54) is 36.3 Å². The molecule has 0 spiro atoms. The van der Waals surface area contributed by atoms with Crippen molar-refractivity contribution < 1.29 is 0 Å². The van der Waals surface area contributed by atoms with Crippen LogP contribution in [0, 0.1) is 0 Å². The largest absolute Gasteiger partial charge is 0.194 e. The maximum atomic E-state index is 4.01. The highest BCUT2D eigenvalue weighted by Crippen LogP contribution is 2.31. The standard InChI is InChI=1S/2C9H15Si.Al/c2*1-4-7-10(8-5-2)9-6-3;/h2*4-6H,1-3,7-9H2;. The van der Waals surface area contributed by atoms with Gasteiger partial charge in [-0.25, -0.2) is 0 Å². The summed E-state index contributed by atoms with van der Waals surface area (Å²) >= 11 is 0.428. The van der Waals surface area contributed by atoms with Crippen molar-refractivity contribution in [3.05, 3.63) is 75.9 Å². The highest BCUT2D eigenvalue weighted by Gasteiger charge is 2.41. The number of hydrogen-bond donors (Lipinski definition) is 0. The van der Waals surface area contributed by atoms with Crippen molar-refractivity contribution in [3.8, 4) is 0 Å². The van der Waals surface area contributed by atoms with Crippen molar-refractivity contribution >= 4 is 27.2 Å². The minimum atomic E-state index is -1.40. The Balaban J connectivity index is 5.60. The van der Waals surface area contributed by atoms with Gasteiger partial charge in [-0.15, -0.1) is 39.5 Å². The molecule has 0 aliphatic rings. The van der Waals surface area contributed by atoms with Gasteiger partial charge in [-0.2, -0.15) is 0 Å². The van der Waals surface area contributed by atoms with Crippen LogP contribution in [-0.4, -0.2) is 27.2 Å². The van der Waals surface area contributed by atoms with Gasteiger partial charge in [-0.3, -0.25) is 0 Å². The molecule has 0 heterocycles. The minimum absolute atomic E-state index is 0.428. The molecule has 0 N–H and O–H groups in total. The Labute approximate surface area is 139 Å². The lowest BCUT2D eigenvalue weighted by atomic mass is 10.7. The van der Waals surface area contributed by atoms with Crippen LogP contribution in [-0.2, 0) is 0 Å². The van der Waals surface area contributed by atoms with Crippen molar-refractivity contribution in [3.63, 3.8) is 0 Å². The van der Waals surface area contributed by atoms with Gasteiger partial charge in [-0.1, -0.05) is 72.7 Å². The lowest BCUT2D eigenvalue weighted by molar-refractivity contribution is 1.40. The van der Waals surface area contributed by atoms with Gasteiger partial charge in [0, 0.05) is 0 Å². The second kappa shape index (κ2) is 11.0. The summed E-state index contributed by atoms with van der Waals surface area (Å²) < 4.78 is 0. The van der Waals surface area contributed by atoms with Crippen LogP contribution >= 0.6 is 0 Å².